The van der Waals surface area contributed by atoms with E-state index >= 15 is 0 Å². The fourth-order valence-corrected chi connectivity index (χ4v) is 2.06. The number of pyridine rings is 1. The minimum atomic E-state index is -4.39. The van der Waals surface area contributed by atoms with E-state index in [0.717, 1.165) is 11.1 Å². The maximum Gasteiger partial charge on any atom is 0.419 e. The molecule has 0 unspecified atom stereocenters. The lowest BCUT2D eigenvalue weighted by molar-refractivity contribution is -0.137. The zero-order valence-electron chi connectivity index (χ0n) is 9.24. The van der Waals surface area contributed by atoms with Gasteiger partial charge in [0.25, 0.3) is 0 Å². The summed E-state index contributed by atoms with van der Waals surface area (Å²) in [5, 5.41) is 5.41. The molecule has 0 aliphatic carbocycles. The zero-order chi connectivity index (χ0) is 13.0. The SMILES string of the molecule is FC(F)(F)c1cccnc1NCCc1nccs1. The second-order valence-electron chi connectivity index (χ2n) is 3.50. The minimum Gasteiger partial charge on any atom is -0.369 e. The smallest absolute Gasteiger partial charge is 0.369 e. The summed E-state index contributed by atoms with van der Waals surface area (Å²) in [6, 6.07) is 2.29. The third kappa shape index (κ3) is 3.19. The van der Waals surface area contributed by atoms with Crippen molar-refractivity contribution in [2.75, 3.05) is 11.9 Å². The van der Waals surface area contributed by atoms with Gasteiger partial charge < -0.3 is 5.32 Å². The van der Waals surface area contributed by atoms with Crippen LogP contribution in [-0.2, 0) is 12.6 Å². The van der Waals surface area contributed by atoms with Crippen molar-refractivity contribution in [1.29, 1.82) is 0 Å². The molecule has 2 rings (SSSR count). The first-order chi connectivity index (χ1) is 8.57. The topological polar surface area (TPSA) is 37.8 Å². The summed E-state index contributed by atoms with van der Waals surface area (Å²) in [4.78, 5) is 7.77. The Morgan fingerprint density at radius 1 is 1.22 bits per heavy atom. The number of halogens is 3. The van der Waals surface area contributed by atoms with E-state index in [0.29, 0.717) is 13.0 Å². The Morgan fingerprint density at radius 2 is 2.06 bits per heavy atom. The molecule has 0 spiro atoms. The molecule has 1 N–H and O–H groups in total. The van der Waals surface area contributed by atoms with Crippen molar-refractivity contribution >= 4 is 17.2 Å². The molecule has 0 aliphatic rings. The highest BCUT2D eigenvalue weighted by Gasteiger charge is 2.33. The Bertz CT molecular complexity index is 496. The fraction of sp³-hybridized carbons (Fsp3) is 0.273. The zero-order valence-corrected chi connectivity index (χ0v) is 10.1. The van der Waals surface area contributed by atoms with Gasteiger partial charge in [-0.3, -0.25) is 0 Å². The molecule has 18 heavy (non-hydrogen) atoms. The number of rotatable bonds is 4. The van der Waals surface area contributed by atoms with Crippen LogP contribution in [0.5, 0.6) is 0 Å². The Hall–Kier alpha value is -1.63. The van der Waals surface area contributed by atoms with Crippen LogP contribution in [0.25, 0.3) is 0 Å². The maximum absolute atomic E-state index is 12.7. The van der Waals surface area contributed by atoms with Gasteiger partial charge in [0.05, 0.1) is 10.6 Å². The van der Waals surface area contributed by atoms with Gasteiger partial charge in [-0.1, -0.05) is 0 Å². The average molecular weight is 273 g/mol. The number of hydrogen-bond acceptors (Lipinski definition) is 4. The predicted octanol–water partition coefficient (Wildman–Crippen LogP) is 3.21. The first-order valence-corrected chi connectivity index (χ1v) is 6.10. The molecule has 2 heterocycles. The molecule has 0 fully saturated rings. The number of hydrogen-bond donors (Lipinski definition) is 1. The van der Waals surface area contributed by atoms with Crippen LogP contribution in [0.3, 0.4) is 0 Å². The van der Waals surface area contributed by atoms with Gasteiger partial charge in [-0.15, -0.1) is 11.3 Å². The van der Waals surface area contributed by atoms with E-state index in [9.17, 15) is 13.2 Å². The van der Waals surface area contributed by atoms with Gasteiger partial charge in [0.2, 0.25) is 0 Å². The van der Waals surface area contributed by atoms with E-state index in [1.165, 1.54) is 23.6 Å². The Morgan fingerprint density at radius 3 is 2.72 bits per heavy atom. The van der Waals surface area contributed by atoms with E-state index < -0.39 is 11.7 Å². The molecule has 2 aromatic rings. The van der Waals surface area contributed by atoms with Gasteiger partial charge >= 0.3 is 6.18 Å². The summed E-state index contributed by atoms with van der Waals surface area (Å²) in [6.07, 6.45) is -0.813. The van der Waals surface area contributed by atoms with E-state index in [-0.39, 0.29) is 5.82 Å². The van der Waals surface area contributed by atoms with Gasteiger partial charge in [0, 0.05) is 30.7 Å². The third-order valence-corrected chi connectivity index (χ3v) is 3.07. The molecule has 0 aliphatic heterocycles. The molecule has 0 atom stereocenters. The Kier molecular flexibility index (Phi) is 3.81. The number of anilines is 1. The molecule has 0 radical (unpaired) electrons. The Labute approximate surface area is 106 Å². The van der Waals surface area contributed by atoms with Crippen LogP contribution in [-0.4, -0.2) is 16.5 Å². The summed E-state index contributed by atoms with van der Waals surface area (Å²) in [5.74, 6) is -0.137. The molecule has 0 saturated heterocycles. The normalized spacial score (nSPS) is 11.5. The van der Waals surface area contributed by atoms with Gasteiger partial charge in [0.1, 0.15) is 5.82 Å². The van der Waals surface area contributed by atoms with Gasteiger partial charge in [0.15, 0.2) is 0 Å². The van der Waals surface area contributed by atoms with Crippen molar-refractivity contribution in [1.82, 2.24) is 9.97 Å². The van der Waals surface area contributed by atoms with Crippen LogP contribution in [0.1, 0.15) is 10.6 Å². The van der Waals surface area contributed by atoms with Crippen LogP contribution in [0.4, 0.5) is 19.0 Å². The largest absolute Gasteiger partial charge is 0.419 e. The lowest BCUT2D eigenvalue weighted by Crippen LogP contribution is -2.13. The van der Waals surface area contributed by atoms with Gasteiger partial charge in [-0.25, -0.2) is 9.97 Å². The minimum absolute atomic E-state index is 0.137. The first kappa shape index (κ1) is 12.8. The number of thiazole rings is 1. The van der Waals surface area contributed by atoms with Crippen LogP contribution in [0.2, 0.25) is 0 Å². The third-order valence-electron chi connectivity index (χ3n) is 2.23. The number of nitrogens with zero attached hydrogens (tertiary/aromatic N) is 2. The number of nitrogens with one attached hydrogen (secondary N) is 1. The van der Waals surface area contributed by atoms with Crippen LogP contribution < -0.4 is 5.32 Å². The summed E-state index contributed by atoms with van der Waals surface area (Å²) in [7, 11) is 0. The molecule has 0 aromatic carbocycles. The van der Waals surface area contributed by atoms with Crippen LogP contribution in [0.15, 0.2) is 29.9 Å². The van der Waals surface area contributed by atoms with E-state index in [4.69, 9.17) is 0 Å². The van der Waals surface area contributed by atoms with Crippen molar-refractivity contribution < 1.29 is 13.2 Å². The average Bonchev–Trinajstić information content (AvgIpc) is 2.81. The quantitative estimate of drug-likeness (QED) is 0.929. The van der Waals surface area contributed by atoms with E-state index in [1.54, 1.807) is 6.20 Å². The molecule has 7 heteroatoms. The number of aromatic nitrogens is 2. The second kappa shape index (κ2) is 5.34. The van der Waals surface area contributed by atoms with Crippen molar-refractivity contribution in [3.8, 4) is 0 Å². The van der Waals surface area contributed by atoms with Gasteiger partial charge in [-0.2, -0.15) is 13.2 Å². The van der Waals surface area contributed by atoms with Crippen LogP contribution >= 0.6 is 11.3 Å². The van der Waals surface area contributed by atoms with Crippen LogP contribution in [0, 0.1) is 0 Å². The summed E-state index contributed by atoms with van der Waals surface area (Å²) < 4.78 is 38.0. The Balaban J connectivity index is 2.01. The molecule has 0 amide bonds. The monoisotopic (exact) mass is 273 g/mol. The molecule has 0 saturated carbocycles. The summed E-state index contributed by atoms with van der Waals surface area (Å²) >= 11 is 1.47. The summed E-state index contributed by atoms with van der Waals surface area (Å²) in [5.41, 5.74) is -0.746. The maximum atomic E-state index is 12.7. The van der Waals surface area contributed by atoms with E-state index in [2.05, 4.69) is 15.3 Å². The van der Waals surface area contributed by atoms with Crippen molar-refractivity contribution in [2.45, 2.75) is 12.6 Å². The molecule has 2 aromatic heterocycles. The van der Waals surface area contributed by atoms with Gasteiger partial charge in [-0.05, 0) is 12.1 Å². The first-order valence-electron chi connectivity index (χ1n) is 5.22. The molecule has 3 nitrogen and oxygen atoms in total. The van der Waals surface area contributed by atoms with Crippen molar-refractivity contribution in [3.05, 3.63) is 40.5 Å². The van der Waals surface area contributed by atoms with Crippen molar-refractivity contribution in [3.63, 3.8) is 0 Å². The van der Waals surface area contributed by atoms with Crippen molar-refractivity contribution in [2.24, 2.45) is 0 Å². The predicted molar refractivity (Wildman–Crippen MR) is 63.5 cm³/mol. The molecular weight excluding hydrogens is 263 g/mol. The highest BCUT2D eigenvalue weighted by Crippen LogP contribution is 2.33. The highest BCUT2D eigenvalue weighted by atomic mass is 32.1. The fourth-order valence-electron chi connectivity index (χ4n) is 1.44. The molecular formula is C11H10F3N3S. The second-order valence-corrected chi connectivity index (χ2v) is 4.48. The summed E-state index contributed by atoms with van der Waals surface area (Å²) in [6.45, 7) is 0.369. The lowest BCUT2D eigenvalue weighted by atomic mass is 10.2. The molecule has 0 bridgehead atoms. The standard InChI is InChI=1S/C11H10F3N3S/c12-11(13,14)8-2-1-4-16-10(8)17-5-3-9-15-6-7-18-9/h1-2,4,6-7H,3,5H2,(H,16,17). The molecule has 96 valence electrons. The number of alkyl halides is 3. The van der Waals surface area contributed by atoms with E-state index in [1.807, 2.05) is 5.38 Å². The lowest BCUT2D eigenvalue weighted by Gasteiger charge is -2.12. The highest BCUT2D eigenvalue weighted by molar-refractivity contribution is 7.09.